The Kier molecular flexibility index (Phi) is 8.73. The number of hydrogen-bond donors (Lipinski definition) is 0. The van der Waals surface area contributed by atoms with Gasteiger partial charge in [-0.15, -0.1) is 24.7 Å². The van der Waals surface area contributed by atoms with Gasteiger partial charge in [-0.05, 0) is 0 Å². The molecular weight excluding hydrogens is 304 g/mol. The third-order valence-corrected chi connectivity index (χ3v) is 3.16. The second-order valence-electron chi connectivity index (χ2n) is 3.53. The molecule has 0 rings (SSSR count). The van der Waals surface area contributed by atoms with Crippen molar-refractivity contribution in [2.24, 2.45) is 0 Å². The van der Waals surface area contributed by atoms with Crippen LogP contribution in [0, 0.1) is 48.7 Å². The molecular formula is C14H12F3O3P. The zero-order valence-corrected chi connectivity index (χ0v) is 11.9. The van der Waals surface area contributed by atoms with Crippen LogP contribution in [0.15, 0.2) is 0 Å². The molecule has 112 valence electrons. The van der Waals surface area contributed by atoms with E-state index >= 15 is 0 Å². The van der Waals surface area contributed by atoms with E-state index in [9.17, 15) is 17.7 Å². The summed E-state index contributed by atoms with van der Waals surface area (Å²) in [7, 11) is -4.51. The van der Waals surface area contributed by atoms with Crippen molar-refractivity contribution in [2.45, 2.75) is 31.9 Å². The topological polar surface area (TPSA) is 35.5 Å². The highest BCUT2D eigenvalue weighted by Gasteiger charge is 2.43. The monoisotopic (exact) mass is 316 g/mol. The molecule has 0 saturated carbocycles. The highest BCUT2D eigenvalue weighted by molar-refractivity contribution is 7.54. The molecule has 7 heteroatoms. The van der Waals surface area contributed by atoms with Gasteiger partial charge in [0, 0.05) is 25.7 Å². The van der Waals surface area contributed by atoms with Gasteiger partial charge < -0.3 is 9.05 Å². The van der Waals surface area contributed by atoms with Gasteiger partial charge in [0.05, 0.1) is 0 Å². The smallest absolute Gasteiger partial charge is 0.362 e. The average Bonchev–Trinajstić information content (AvgIpc) is 2.36. The zero-order chi connectivity index (χ0) is 16.2. The molecule has 0 saturated heterocycles. The fourth-order valence-corrected chi connectivity index (χ4v) is 1.89. The molecule has 0 spiro atoms. The summed E-state index contributed by atoms with van der Waals surface area (Å²) in [6.07, 6.45) is 8.22. The predicted molar refractivity (Wildman–Crippen MR) is 72.4 cm³/mol. The van der Waals surface area contributed by atoms with Crippen LogP contribution < -0.4 is 0 Å². The fourth-order valence-electron chi connectivity index (χ4n) is 0.878. The lowest BCUT2D eigenvalue weighted by molar-refractivity contribution is -0.109. The molecule has 0 aromatic rings. The largest absolute Gasteiger partial charge is 0.456 e. The first-order valence-electron chi connectivity index (χ1n) is 5.68. The van der Waals surface area contributed by atoms with Gasteiger partial charge in [-0.25, -0.2) is 4.57 Å². The molecule has 0 aromatic carbocycles. The van der Waals surface area contributed by atoms with E-state index in [1.165, 1.54) is 0 Å². The summed E-state index contributed by atoms with van der Waals surface area (Å²) in [4.78, 5) is 0. The van der Waals surface area contributed by atoms with Crippen LogP contribution in [0.4, 0.5) is 13.2 Å². The summed E-state index contributed by atoms with van der Waals surface area (Å²) >= 11 is 0. The van der Waals surface area contributed by atoms with E-state index in [0.717, 1.165) is 0 Å². The molecule has 0 aliphatic rings. The summed E-state index contributed by atoms with van der Waals surface area (Å²) in [5.41, 5.74) is 0. The van der Waals surface area contributed by atoms with Crippen LogP contribution in [0.25, 0.3) is 0 Å². The predicted octanol–water partition coefficient (Wildman–Crippen LogP) is 3.52. The highest BCUT2D eigenvalue weighted by Crippen LogP contribution is 2.51. The molecule has 3 nitrogen and oxygen atoms in total. The van der Waals surface area contributed by atoms with Crippen LogP contribution in [-0.2, 0) is 13.6 Å². The van der Waals surface area contributed by atoms with Gasteiger partial charge in [0.15, 0.2) is 6.16 Å². The van der Waals surface area contributed by atoms with Crippen molar-refractivity contribution in [3.8, 4) is 48.7 Å². The molecule has 0 amide bonds. The first-order chi connectivity index (χ1) is 9.83. The van der Waals surface area contributed by atoms with Crippen molar-refractivity contribution in [3.05, 3.63) is 0 Å². The number of rotatable bonds is 5. The maximum absolute atomic E-state index is 12.3. The molecule has 0 N–H and O–H groups in total. The Bertz CT molecular complexity index is 532. The fraction of sp³-hybridized carbons (Fsp3) is 0.429. The standard InChI is InChI=1S/C14H12F3O3P/c1-3-5-7-9-11-19-21(18,13-14(15,16)17)20-12-10-8-6-4-2/h1-2H,5-8,13H2. The first kappa shape index (κ1) is 18.9. The number of halogens is 3. The van der Waals surface area contributed by atoms with Crippen LogP contribution in [0.1, 0.15) is 25.7 Å². The molecule has 0 atom stereocenters. The maximum atomic E-state index is 12.3. The molecule has 0 heterocycles. The van der Waals surface area contributed by atoms with Gasteiger partial charge in [0.1, 0.15) is 12.2 Å². The average molecular weight is 316 g/mol. The van der Waals surface area contributed by atoms with Crippen LogP contribution in [0.3, 0.4) is 0 Å². The maximum Gasteiger partial charge on any atom is 0.456 e. The van der Waals surface area contributed by atoms with Crippen LogP contribution in [0.5, 0.6) is 0 Å². The summed E-state index contributed by atoms with van der Waals surface area (Å²) in [5, 5.41) is 0. The lowest BCUT2D eigenvalue weighted by Gasteiger charge is -2.13. The van der Waals surface area contributed by atoms with Crippen LogP contribution >= 0.6 is 7.60 Å². The second kappa shape index (κ2) is 9.72. The van der Waals surface area contributed by atoms with E-state index < -0.39 is 19.9 Å². The van der Waals surface area contributed by atoms with Crippen molar-refractivity contribution in [1.29, 1.82) is 0 Å². The van der Waals surface area contributed by atoms with Crippen LogP contribution in [-0.4, -0.2) is 12.3 Å². The van der Waals surface area contributed by atoms with Crippen LogP contribution in [0.2, 0.25) is 0 Å². The van der Waals surface area contributed by atoms with Crippen molar-refractivity contribution >= 4 is 7.60 Å². The Morgan fingerprint density at radius 2 is 1.33 bits per heavy atom. The highest BCUT2D eigenvalue weighted by atomic mass is 31.2. The van der Waals surface area contributed by atoms with E-state index in [1.54, 1.807) is 0 Å². The SMILES string of the molecule is C#CCCC#COP(=O)(CC(F)(F)F)OC#CCCC#C. The number of hydrogen-bond acceptors (Lipinski definition) is 3. The van der Waals surface area contributed by atoms with Gasteiger partial charge in [0.25, 0.3) is 0 Å². The molecule has 21 heavy (non-hydrogen) atoms. The van der Waals surface area contributed by atoms with Gasteiger partial charge in [-0.3, -0.25) is 0 Å². The summed E-state index contributed by atoms with van der Waals surface area (Å²) in [6, 6.07) is 0. The van der Waals surface area contributed by atoms with E-state index in [0.29, 0.717) is 12.8 Å². The normalized spacial score (nSPS) is 9.95. The Labute approximate surface area is 122 Å². The quantitative estimate of drug-likeness (QED) is 0.442. The van der Waals surface area contributed by atoms with Crippen molar-refractivity contribution in [1.82, 2.24) is 0 Å². The van der Waals surface area contributed by atoms with Gasteiger partial charge in [-0.1, -0.05) is 11.8 Å². The molecule has 0 unspecified atom stereocenters. The minimum atomic E-state index is -4.74. The molecule has 0 aliphatic heterocycles. The third-order valence-electron chi connectivity index (χ3n) is 1.68. The Morgan fingerprint density at radius 3 is 1.67 bits per heavy atom. The van der Waals surface area contributed by atoms with E-state index in [-0.39, 0.29) is 12.8 Å². The van der Waals surface area contributed by atoms with Gasteiger partial charge in [0.2, 0.25) is 0 Å². The summed E-state index contributed by atoms with van der Waals surface area (Å²) in [6.45, 7) is 0. The summed E-state index contributed by atoms with van der Waals surface area (Å²) < 4.78 is 57.6. The van der Waals surface area contributed by atoms with Gasteiger partial charge in [-0.2, -0.15) is 13.2 Å². The summed E-state index contributed by atoms with van der Waals surface area (Å²) in [5.74, 6) is 9.22. The molecule has 0 fully saturated rings. The Hall–Kier alpha value is -2.14. The van der Waals surface area contributed by atoms with Crippen molar-refractivity contribution < 1.29 is 26.8 Å². The van der Waals surface area contributed by atoms with E-state index in [1.807, 2.05) is 12.2 Å². The molecule has 0 aliphatic carbocycles. The Balaban J connectivity index is 4.72. The third kappa shape index (κ3) is 11.4. The van der Waals surface area contributed by atoms with Crippen molar-refractivity contribution in [2.75, 3.05) is 6.16 Å². The number of terminal acetylenes is 2. The minimum Gasteiger partial charge on any atom is -0.362 e. The lowest BCUT2D eigenvalue weighted by Crippen LogP contribution is -2.15. The second-order valence-corrected chi connectivity index (χ2v) is 5.44. The number of alkyl halides is 3. The molecule has 0 aromatic heterocycles. The Morgan fingerprint density at radius 1 is 0.905 bits per heavy atom. The van der Waals surface area contributed by atoms with E-state index in [4.69, 9.17) is 12.8 Å². The molecule has 0 radical (unpaired) electrons. The van der Waals surface area contributed by atoms with Crippen molar-refractivity contribution in [3.63, 3.8) is 0 Å². The zero-order valence-electron chi connectivity index (χ0n) is 11.0. The molecule has 0 bridgehead atoms. The number of unbranched alkanes of at least 4 members (excludes halogenated alkanes) is 2. The van der Waals surface area contributed by atoms with E-state index in [2.05, 4.69) is 32.7 Å². The van der Waals surface area contributed by atoms with Gasteiger partial charge >= 0.3 is 13.8 Å². The minimum absolute atomic E-state index is 0.205. The lowest BCUT2D eigenvalue weighted by atomic mass is 10.3. The first-order valence-corrected chi connectivity index (χ1v) is 7.41.